The molecule has 0 spiro atoms. The summed E-state index contributed by atoms with van der Waals surface area (Å²) in [4.78, 5) is 0. The molecule has 0 aliphatic heterocycles. The van der Waals surface area contributed by atoms with E-state index in [-0.39, 0.29) is 0 Å². The third-order valence-electron chi connectivity index (χ3n) is 1.22. The fourth-order valence-electron chi connectivity index (χ4n) is 0.333. The van der Waals surface area contributed by atoms with Gasteiger partial charge in [0.2, 0.25) is 0 Å². The monoisotopic (exact) mass is 224 g/mol. The highest BCUT2D eigenvalue weighted by Crippen LogP contribution is 1.81. The molecule has 0 atom stereocenters. The van der Waals surface area contributed by atoms with E-state index in [4.69, 9.17) is 0 Å². The molecule has 0 aliphatic carbocycles. The molecule has 0 nitrogen and oxygen atoms in total. The third kappa shape index (κ3) is 118. The Balaban J connectivity index is -0.0000000643. The zero-order valence-electron chi connectivity index (χ0n) is 12.0. The molecule has 0 fully saturated rings. The van der Waals surface area contributed by atoms with Crippen LogP contribution in [0, 0.1) is 0 Å². The quantitative estimate of drug-likeness (QED) is 0.489. The van der Waals surface area contributed by atoms with Crippen LogP contribution >= 0.6 is 0 Å². The van der Waals surface area contributed by atoms with Crippen molar-refractivity contribution in [2.75, 3.05) is 0 Å². The predicted molar refractivity (Wildman–Crippen MR) is 82.0 cm³/mol. The summed E-state index contributed by atoms with van der Waals surface area (Å²) >= 11 is 0. The van der Waals surface area contributed by atoms with Crippen molar-refractivity contribution >= 4 is 0 Å². The summed E-state index contributed by atoms with van der Waals surface area (Å²) < 4.78 is 0. The van der Waals surface area contributed by atoms with Crippen LogP contribution in [0.2, 0.25) is 0 Å². The van der Waals surface area contributed by atoms with Crippen molar-refractivity contribution in [3.8, 4) is 0 Å². The zero-order valence-corrected chi connectivity index (χ0v) is 12.0. The Morgan fingerprint density at radius 2 is 0.812 bits per heavy atom. The Labute approximate surface area is 104 Å². The van der Waals surface area contributed by atoms with Gasteiger partial charge in [0.25, 0.3) is 0 Å². The summed E-state index contributed by atoms with van der Waals surface area (Å²) in [6.45, 7) is 21.4. The molecule has 0 rings (SSSR count). The first-order chi connectivity index (χ1) is 7.74. The van der Waals surface area contributed by atoms with E-state index in [1.54, 1.807) is 0 Å². The van der Waals surface area contributed by atoms with Crippen LogP contribution < -0.4 is 0 Å². The van der Waals surface area contributed by atoms with Gasteiger partial charge in [0.1, 0.15) is 0 Å². The molecular formula is C16H32. The fraction of sp³-hybridized carbons (Fsp3) is 0.500. The van der Waals surface area contributed by atoms with E-state index < -0.39 is 0 Å². The minimum absolute atomic E-state index is 1.08. The highest BCUT2D eigenvalue weighted by Gasteiger charge is 1.60. The molecule has 0 unspecified atom stereocenters. The van der Waals surface area contributed by atoms with Crippen LogP contribution in [-0.2, 0) is 0 Å². The maximum absolute atomic E-state index is 3.48. The van der Waals surface area contributed by atoms with Crippen LogP contribution in [-0.4, -0.2) is 0 Å². The van der Waals surface area contributed by atoms with Crippen LogP contribution in [0.1, 0.15) is 53.4 Å². The molecule has 0 aromatic rings. The lowest BCUT2D eigenvalue weighted by atomic mass is 10.4. The Bertz CT molecular complexity index is 106. The van der Waals surface area contributed by atoms with Crippen LogP contribution in [0.4, 0.5) is 0 Å². The normalized spacial score (nSPS) is 7.25. The number of hydrogen-bond donors (Lipinski definition) is 0. The molecule has 0 aliphatic rings. The van der Waals surface area contributed by atoms with Crippen molar-refractivity contribution in [2.24, 2.45) is 0 Å². The van der Waals surface area contributed by atoms with Crippen molar-refractivity contribution in [3.63, 3.8) is 0 Å². The molecule has 0 amide bonds. The van der Waals surface area contributed by atoms with Crippen molar-refractivity contribution in [1.29, 1.82) is 0 Å². The van der Waals surface area contributed by atoms with E-state index in [2.05, 4.69) is 66.2 Å². The Kier molecular flexibility index (Phi) is 73.4. The van der Waals surface area contributed by atoms with Gasteiger partial charge in [0, 0.05) is 0 Å². The number of hydrogen-bond acceptors (Lipinski definition) is 0. The van der Waals surface area contributed by atoms with Gasteiger partial charge < -0.3 is 0 Å². The van der Waals surface area contributed by atoms with E-state index in [0.717, 1.165) is 12.8 Å². The standard InChI is InChI=1S/C6H12.2C4H8.C2H4/c1-3-5-6-4-2;2*1-3-4-2;1-2/h5-6H,3-4H2,1-2H3;2*3H,1,4H2,2H3;1-2H2/b6-5+;;;. The first kappa shape index (κ1) is 24.3. The van der Waals surface area contributed by atoms with Crippen LogP contribution in [0.5, 0.6) is 0 Å². The summed E-state index contributed by atoms with van der Waals surface area (Å²) in [5.74, 6) is 0. The first-order valence-electron chi connectivity index (χ1n) is 6.11. The molecule has 96 valence electrons. The molecule has 0 heterocycles. The highest BCUT2D eigenvalue weighted by molar-refractivity contribution is 4.77. The van der Waals surface area contributed by atoms with Gasteiger partial charge in [-0.25, -0.2) is 0 Å². The summed E-state index contributed by atoms with van der Waals surface area (Å²) in [5, 5.41) is 0. The molecular weight excluding hydrogens is 192 g/mol. The van der Waals surface area contributed by atoms with Crippen molar-refractivity contribution in [2.45, 2.75) is 53.4 Å². The maximum Gasteiger partial charge on any atom is -0.0379 e. The van der Waals surface area contributed by atoms with Gasteiger partial charge in [-0.15, -0.1) is 26.3 Å². The summed E-state index contributed by atoms with van der Waals surface area (Å²) in [5.41, 5.74) is 0. The topological polar surface area (TPSA) is 0 Å². The summed E-state index contributed by atoms with van der Waals surface area (Å²) in [7, 11) is 0. The van der Waals surface area contributed by atoms with E-state index in [1.807, 2.05) is 12.2 Å². The number of rotatable bonds is 4. The van der Waals surface area contributed by atoms with Gasteiger partial charge in [-0.2, -0.15) is 0 Å². The van der Waals surface area contributed by atoms with Gasteiger partial charge in [-0.05, 0) is 25.7 Å². The molecule has 16 heavy (non-hydrogen) atoms. The molecule has 0 aromatic carbocycles. The second-order valence-electron chi connectivity index (χ2n) is 2.68. The van der Waals surface area contributed by atoms with Crippen molar-refractivity contribution < 1.29 is 0 Å². The third-order valence-corrected chi connectivity index (χ3v) is 1.22. The van der Waals surface area contributed by atoms with Gasteiger partial charge in [-0.1, -0.05) is 52.0 Å². The fourth-order valence-corrected chi connectivity index (χ4v) is 0.333. The van der Waals surface area contributed by atoms with Crippen LogP contribution in [0.25, 0.3) is 0 Å². The SMILES string of the molecule is C=C.C=CCC.C=CCC.CC/C=C/CC. The lowest BCUT2D eigenvalue weighted by molar-refractivity contribution is 1.16. The highest BCUT2D eigenvalue weighted by atomic mass is 13.7. The number of allylic oxidation sites excluding steroid dienone is 4. The smallest absolute Gasteiger partial charge is 0.0379 e. The maximum atomic E-state index is 3.48. The molecule has 0 bridgehead atoms. The molecule has 0 N–H and O–H groups in total. The average Bonchev–Trinajstić information content (AvgIpc) is 2.39. The Hall–Kier alpha value is -1.04. The predicted octanol–water partition coefficient (Wildman–Crippen LogP) is 6.33. The van der Waals surface area contributed by atoms with Gasteiger partial charge in [0.05, 0.1) is 0 Å². The van der Waals surface area contributed by atoms with Crippen LogP contribution in [0.15, 0.2) is 50.6 Å². The van der Waals surface area contributed by atoms with Crippen LogP contribution in [0.3, 0.4) is 0 Å². The van der Waals surface area contributed by atoms with Gasteiger partial charge in [0.15, 0.2) is 0 Å². The lowest BCUT2D eigenvalue weighted by Crippen LogP contribution is -1.51. The van der Waals surface area contributed by atoms with E-state index in [1.165, 1.54) is 12.8 Å². The van der Waals surface area contributed by atoms with E-state index in [0.29, 0.717) is 0 Å². The molecule has 0 heteroatoms. The van der Waals surface area contributed by atoms with E-state index >= 15 is 0 Å². The average molecular weight is 224 g/mol. The largest absolute Gasteiger partial charge is 0.106 e. The molecule has 0 radical (unpaired) electrons. The van der Waals surface area contributed by atoms with Gasteiger partial charge in [-0.3, -0.25) is 0 Å². The lowest BCUT2D eigenvalue weighted by Gasteiger charge is -1.72. The van der Waals surface area contributed by atoms with E-state index in [9.17, 15) is 0 Å². The second kappa shape index (κ2) is 48.4. The zero-order chi connectivity index (χ0) is 13.7. The van der Waals surface area contributed by atoms with Crippen molar-refractivity contribution in [3.05, 3.63) is 50.6 Å². The minimum Gasteiger partial charge on any atom is -0.106 e. The molecule has 0 saturated carbocycles. The molecule has 0 saturated heterocycles. The Morgan fingerprint density at radius 1 is 0.625 bits per heavy atom. The molecule has 0 aromatic heterocycles. The van der Waals surface area contributed by atoms with Crippen molar-refractivity contribution in [1.82, 2.24) is 0 Å². The summed E-state index contributed by atoms with van der Waals surface area (Å²) in [6.07, 6.45) is 12.6. The minimum atomic E-state index is 1.08. The first-order valence-corrected chi connectivity index (χ1v) is 6.11. The summed E-state index contributed by atoms with van der Waals surface area (Å²) in [6, 6.07) is 0. The second-order valence-corrected chi connectivity index (χ2v) is 2.68. The van der Waals surface area contributed by atoms with Gasteiger partial charge >= 0.3 is 0 Å². The Morgan fingerprint density at radius 3 is 0.875 bits per heavy atom.